The van der Waals surface area contributed by atoms with Gasteiger partial charge in [0.05, 0.1) is 4.90 Å². The summed E-state index contributed by atoms with van der Waals surface area (Å²) in [6.07, 6.45) is 3.30. The minimum atomic E-state index is -0.240. The maximum Gasteiger partial charge on any atom is 0.192 e. The summed E-state index contributed by atoms with van der Waals surface area (Å²) < 4.78 is 14.1. The van der Waals surface area contributed by atoms with Crippen LogP contribution in [-0.2, 0) is 6.54 Å². The molecule has 1 aromatic heterocycles. The molecule has 0 unspecified atom stereocenters. The zero-order chi connectivity index (χ0) is 14.6. The number of benzene rings is 1. The predicted octanol–water partition coefficient (Wildman–Crippen LogP) is 3.66. The summed E-state index contributed by atoms with van der Waals surface area (Å²) in [6.45, 7) is 6.90. The summed E-state index contributed by atoms with van der Waals surface area (Å²) in [5.41, 5.74) is 0.942. The van der Waals surface area contributed by atoms with Gasteiger partial charge in [-0.1, -0.05) is 6.07 Å². The molecule has 20 heavy (non-hydrogen) atoms. The van der Waals surface area contributed by atoms with E-state index in [9.17, 15) is 4.39 Å². The van der Waals surface area contributed by atoms with E-state index in [1.807, 2.05) is 6.07 Å². The van der Waals surface area contributed by atoms with Crippen LogP contribution < -0.4 is 5.32 Å². The molecular formula is C15H18FN3S. The van der Waals surface area contributed by atoms with Gasteiger partial charge in [-0.25, -0.2) is 14.4 Å². The van der Waals surface area contributed by atoms with Crippen molar-refractivity contribution in [1.82, 2.24) is 15.3 Å². The largest absolute Gasteiger partial charge is 0.308 e. The van der Waals surface area contributed by atoms with E-state index in [-0.39, 0.29) is 11.4 Å². The minimum Gasteiger partial charge on any atom is -0.308 e. The molecule has 0 saturated carbocycles. The number of aromatic nitrogens is 2. The molecule has 0 atom stereocenters. The van der Waals surface area contributed by atoms with Crippen molar-refractivity contribution < 1.29 is 4.39 Å². The van der Waals surface area contributed by atoms with Gasteiger partial charge in [-0.15, -0.1) is 0 Å². The fourth-order valence-corrected chi connectivity index (χ4v) is 2.26. The number of halogens is 1. The van der Waals surface area contributed by atoms with Crippen LogP contribution in [-0.4, -0.2) is 15.5 Å². The van der Waals surface area contributed by atoms with E-state index in [0.717, 1.165) is 5.56 Å². The van der Waals surface area contributed by atoms with Crippen molar-refractivity contribution >= 4 is 11.8 Å². The molecule has 1 heterocycles. The first kappa shape index (κ1) is 14.9. The van der Waals surface area contributed by atoms with Crippen LogP contribution in [0.3, 0.4) is 0 Å². The topological polar surface area (TPSA) is 37.8 Å². The molecule has 0 amide bonds. The van der Waals surface area contributed by atoms with Crippen LogP contribution in [0, 0.1) is 5.82 Å². The van der Waals surface area contributed by atoms with Crippen molar-refractivity contribution in [3.05, 3.63) is 48.0 Å². The Morgan fingerprint density at radius 1 is 1.20 bits per heavy atom. The van der Waals surface area contributed by atoms with Crippen LogP contribution in [0.2, 0.25) is 0 Å². The van der Waals surface area contributed by atoms with Gasteiger partial charge in [0.2, 0.25) is 0 Å². The highest BCUT2D eigenvalue weighted by Gasteiger charge is 2.10. The zero-order valence-corrected chi connectivity index (χ0v) is 12.7. The fourth-order valence-electron chi connectivity index (χ4n) is 1.54. The molecule has 0 aliphatic carbocycles. The van der Waals surface area contributed by atoms with Gasteiger partial charge >= 0.3 is 0 Å². The molecule has 0 fully saturated rings. The lowest BCUT2D eigenvalue weighted by molar-refractivity contribution is 0.423. The van der Waals surface area contributed by atoms with Crippen LogP contribution in [0.5, 0.6) is 0 Å². The van der Waals surface area contributed by atoms with E-state index in [2.05, 4.69) is 36.1 Å². The molecular weight excluding hydrogens is 273 g/mol. The van der Waals surface area contributed by atoms with E-state index in [4.69, 9.17) is 0 Å². The summed E-state index contributed by atoms with van der Waals surface area (Å²) >= 11 is 1.23. The Bertz CT molecular complexity index is 567. The third-order valence-corrected chi connectivity index (χ3v) is 3.51. The summed E-state index contributed by atoms with van der Waals surface area (Å²) in [5.74, 6) is -0.240. The molecule has 5 heteroatoms. The number of nitrogens with one attached hydrogen (secondary N) is 1. The molecule has 2 aromatic rings. The van der Waals surface area contributed by atoms with Crippen molar-refractivity contribution in [2.45, 2.75) is 42.9 Å². The Morgan fingerprint density at radius 3 is 2.50 bits per heavy atom. The van der Waals surface area contributed by atoms with Gasteiger partial charge in [-0.3, -0.25) is 0 Å². The van der Waals surface area contributed by atoms with Gasteiger partial charge in [0.25, 0.3) is 0 Å². The molecule has 0 aliphatic rings. The third-order valence-electron chi connectivity index (χ3n) is 2.56. The summed E-state index contributed by atoms with van der Waals surface area (Å²) in [4.78, 5) is 8.70. The van der Waals surface area contributed by atoms with Gasteiger partial charge in [0.15, 0.2) is 5.16 Å². The van der Waals surface area contributed by atoms with E-state index in [1.165, 1.54) is 11.8 Å². The average molecular weight is 291 g/mol. The summed E-state index contributed by atoms with van der Waals surface area (Å²) in [6, 6.07) is 6.99. The molecule has 0 aliphatic heterocycles. The summed E-state index contributed by atoms with van der Waals surface area (Å²) in [7, 11) is 0. The van der Waals surface area contributed by atoms with Crippen molar-refractivity contribution in [2.75, 3.05) is 0 Å². The van der Waals surface area contributed by atoms with Crippen molar-refractivity contribution in [3.63, 3.8) is 0 Å². The number of nitrogens with zero attached hydrogens (tertiary/aromatic N) is 2. The first-order chi connectivity index (χ1) is 9.44. The zero-order valence-electron chi connectivity index (χ0n) is 11.9. The Kier molecular flexibility index (Phi) is 4.73. The van der Waals surface area contributed by atoms with Gasteiger partial charge in [-0.2, -0.15) is 0 Å². The summed E-state index contributed by atoms with van der Waals surface area (Å²) in [5, 5.41) is 3.88. The molecule has 1 N–H and O–H groups in total. The quantitative estimate of drug-likeness (QED) is 0.873. The Morgan fingerprint density at radius 2 is 1.90 bits per heavy atom. The highest BCUT2D eigenvalue weighted by atomic mass is 32.2. The van der Waals surface area contributed by atoms with Crippen LogP contribution in [0.15, 0.2) is 46.7 Å². The maximum absolute atomic E-state index is 14.1. The van der Waals surface area contributed by atoms with Gasteiger partial charge in [0.1, 0.15) is 5.82 Å². The normalized spacial score (nSPS) is 11.6. The Labute approximate surface area is 123 Å². The lowest BCUT2D eigenvalue weighted by atomic mass is 10.1. The highest BCUT2D eigenvalue weighted by Crippen LogP contribution is 2.27. The first-order valence-corrected chi connectivity index (χ1v) is 7.24. The molecule has 2 rings (SSSR count). The lowest BCUT2D eigenvalue weighted by Crippen LogP contribution is -2.35. The SMILES string of the molecule is CC(C)(C)NCc1ccc(Sc2ncccn2)c(F)c1. The Balaban J connectivity index is 2.06. The van der Waals surface area contributed by atoms with Crippen molar-refractivity contribution in [3.8, 4) is 0 Å². The number of hydrogen-bond acceptors (Lipinski definition) is 4. The smallest absolute Gasteiger partial charge is 0.192 e. The Hall–Kier alpha value is -1.46. The highest BCUT2D eigenvalue weighted by molar-refractivity contribution is 7.99. The van der Waals surface area contributed by atoms with E-state index >= 15 is 0 Å². The standard InChI is InChI=1S/C15H18FN3S/c1-15(2,3)19-10-11-5-6-13(12(16)9-11)20-14-17-7-4-8-18-14/h4-9,19H,10H2,1-3H3. The molecule has 0 radical (unpaired) electrons. The molecule has 0 saturated heterocycles. The second kappa shape index (κ2) is 6.33. The van der Waals surface area contributed by atoms with E-state index in [1.54, 1.807) is 30.6 Å². The lowest BCUT2D eigenvalue weighted by Gasteiger charge is -2.20. The van der Waals surface area contributed by atoms with E-state index in [0.29, 0.717) is 16.6 Å². The van der Waals surface area contributed by atoms with Crippen LogP contribution >= 0.6 is 11.8 Å². The van der Waals surface area contributed by atoms with Gasteiger partial charge in [-0.05, 0) is 56.3 Å². The molecule has 1 aromatic carbocycles. The van der Waals surface area contributed by atoms with Crippen LogP contribution in [0.25, 0.3) is 0 Å². The van der Waals surface area contributed by atoms with Gasteiger partial charge in [0, 0.05) is 24.5 Å². The van der Waals surface area contributed by atoms with Crippen molar-refractivity contribution in [2.24, 2.45) is 0 Å². The van der Waals surface area contributed by atoms with E-state index < -0.39 is 0 Å². The average Bonchev–Trinajstić information content (AvgIpc) is 2.40. The number of rotatable bonds is 4. The van der Waals surface area contributed by atoms with Gasteiger partial charge < -0.3 is 5.32 Å². The van der Waals surface area contributed by atoms with Crippen molar-refractivity contribution in [1.29, 1.82) is 0 Å². The second-order valence-corrected chi connectivity index (χ2v) is 6.51. The third kappa shape index (κ3) is 4.58. The monoisotopic (exact) mass is 291 g/mol. The van der Waals surface area contributed by atoms with Crippen LogP contribution in [0.4, 0.5) is 4.39 Å². The first-order valence-electron chi connectivity index (χ1n) is 6.42. The fraction of sp³-hybridized carbons (Fsp3) is 0.333. The molecule has 106 valence electrons. The second-order valence-electron chi connectivity index (χ2n) is 5.50. The van der Waals surface area contributed by atoms with Crippen LogP contribution in [0.1, 0.15) is 26.3 Å². The predicted molar refractivity (Wildman–Crippen MR) is 79.1 cm³/mol. The maximum atomic E-state index is 14.1. The minimum absolute atomic E-state index is 0.0157. The molecule has 0 spiro atoms. The number of hydrogen-bond donors (Lipinski definition) is 1. The molecule has 3 nitrogen and oxygen atoms in total. The molecule has 0 bridgehead atoms.